The molecule has 1 aliphatic rings. The van der Waals surface area contributed by atoms with Gasteiger partial charge in [0.15, 0.2) is 0 Å². The van der Waals surface area contributed by atoms with Crippen LogP contribution in [0.2, 0.25) is 0 Å². The summed E-state index contributed by atoms with van der Waals surface area (Å²) in [5.41, 5.74) is 5.73. The van der Waals surface area contributed by atoms with E-state index in [1.165, 1.54) is 99.9 Å². The molecule has 5 rings (SSSR count). The molecule has 42 heavy (non-hydrogen) atoms. The Morgan fingerprint density at radius 3 is 1.43 bits per heavy atom. The fourth-order valence-electron chi connectivity index (χ4n) is 5.55. The van der Waals surface area contributed by atoms with E-state index >= 15 is 0 Å². The Labute approximate surface area is 255 Å². The zero-order valence-corrected chi connectivity index (χ0v) is 25.5. The van der Waals surface area contributed by atoms with Gasteiger partial charge in [0.05, 0.1) is 0 Å². The van der Waals surface area contributed by atoms with Crippen molar-refractivity contribution in [1.29, 1.82) is 0 Å². The standard InChI is InChI=1S/C21H28N2.C18H23N/c1-3-9-20(10-4-1)11-7-8-14-22-15-17-23(18-16-22)19-21-12-5-2-6-13-21;1-4-10-17(11-5-1)12-8-3-9-15-19-16-18-13-6-2-7-14-18/h1-6,9-10,12-13H,7-8,11,14-19H2;1-2,4-7,10-11,13-14,19H,3,8-9,12,15-16H2. The molecular weight excluding hydrogens is 510 g/mol. The summed E-state index contributed by atoms with van der Waals surface area (Å²) in [6.07, 6.45) is 8.89. The molecule has 1 fully saturated rings. The molecule has 0 spiro atoms. The van der Waals surface area contributed by atoms with Gasteiger partial charge in [0, 0.05) is 39.3 Å². The van der Waals surface area contributed by atoms with Crippen LogP contribution in [0.3, 0.4) is 0 Å². The van der Waals surface area contributed by atoms with Crippen LogP contribution in [0.25, 0.3) is 0 Å². The number of hydrogen-bond donors (Lipinski definition) is 1. The Hall–Kier alpha value is -3.24. The van der Waals surface area contributed by atoms with Crippen LogP contribution in [-0.4, -0.2) is 49.1 Å². The van der Waals surface area contributed by atoms with E-state index in [0.717, 1.165) is 19.6 Å². The summed E-state index contributed by atoms with van der Waals surface area (Å²) in [5, 5.41) is 3.50. The molecule has 3 nitrogen and oxygen atoms in total. The summed E-state index contributed by atoms with van der Waals surface area (Å²) >= 11 is 0. The topological polar surface area (TPSA) is 18.5 Å². The maximum atomic E-state index is 3.50. The highest BCUT2D eigenvalue weighted by Crippen LogP contribution is 2.11. The predicted octanol–water partition coefficient (Wildman–Crippen LogP) is 8.02. The first-order valence-corrected chi connectivity index (χ1v) is 16.2. The molecule has 0 radical (unpaired) electrons. The quantitative estimate of drug-likeness (QED) is 0.148. The van der Waals surface area contributed by atoms with Gasteiger partial charge in [0.25, 0.3) is 0 Å². The lowest BCUT2D eigenvalue weighted by Crippen LogP contribution is -2.46. The Morgan fingerprint density at radius 1 is 0.429 bits per heavy atom. The van der Waals surface area contributed by atoms with Crippen molar-refractivity contribution in [3.8, 4) is 0 Å². The van der Waals surface area contributed by atoms with Gasteiger partial charge in [-0.25, -0.2) is 0 Å². The van der Waals surface area contributed by atoms with Gasteiger partial charge in [-0.1, -0.05) is 128 Å². The lowest BCUT2D eigenvalue weighted by Gasteiger charge is -2.34. The molecule has 0 unspecified atom stereocenters. The third kappa shape index (κ3) is 13.2. The zero-order valence-electron chi connectivity index (χ0n) is 25.5. The summed E-state index contributed by atoms with van der Waals surface area (Å²) in [6.45, 7) is 9.30. The third-order valence-electron chi connectivity index (χ3n) is 8.08. The number of piperazine rings is 1. The molecule has 3 heteroatoms. The number of rotatable bonds is 15. The highest BCUT2D eigenvalue weighted by atomic mass is 15.3. The van der Waals surface area contributed by atoms with E-state index in [1.54, 1.807) is 0 Å². The molecule has 0 aromatic heterocycles. The molecule has 4 aromatic rings. The summed E-state index contributed by atoms with van der Waals surface area (Å²) in [7, 11) is 0. The smallest absolute Gasteiger partial charge is 0.0234 e. The molecule has 0 atom stereocenters. The van der Waals surface area contributed by atoms with E-state index in [0.29, 0.717) is 0 Å². The highest BCUT2D eigenvalue weighted by Gasteiger charge is 2.16. The number of hydrogen-bond acceptors (Lipinski definition) is 3. The van der Waals surface area contributed by atoms with Crippen molar-refractivity contribution < 1.29 is 0 Å². The average molecular weight is 562 g/mol. The van der Waals surface area contributed by atoms with Gasteiger partial charge in [-0.15, -0.1) is 0 Å². The van der Waals surface area contributed by atoms with Crippen molar-refractivity contribution in [2.24, 2.45) is 0 Å². The van der Waals surface area contributed by atoms with Crippen LogP contribution in [-0.2, 0) is 25.9 Å². The van der Waals surface area contributed by atoms with E-state index in [4.69, 9.17) is 0 Å². The van der Waals surface area contributed by atoms with Crippen LogP contribution < -0.4 is 5.32 Å². The Balaban J connectivity index is 0.000000197. The summed E-state index contributed by atoms with van der Waals surface area (Å²) in [4.78, 5) is 5.21. The van der Waals surface area contributed by atoms with Crippen molar-refractivity contribution in [1.82, 2.24) is 15.1 Å². The Kier molecular flexibility index (Phi) is 14.9. The van der Waals surface area contributed by atoms with Gasteiger partial charge in [0.1, 0.15) is 0 Å². The fourth-order valence-corrected chi connectivity index (χ4v) is 5.55. The molecule has 0 amide bonds. The van der Waals surface area contributed by atoms with E-state index in [2.05, 4.69) is 136 Å². The lowest BCUT2D eigenvalue weighted by molar-refractivity contribution is 0.125. The highest BCUT2D eigenvalue weighted by molar-refractivity contribution is 5.16. The van der Waals surface area contributed by atoms with Crippen LogP contribution >= 0.6 is 0 Å². The lowest BCUT2D eigenvalue weighted by atomic mass is 10.1. The van der Waals surface area contributed by atoms with Crippen LogP contribution in [0.4, 0.5) is 0 Å². The van der Waals surface area contributed by atoms with Crippen molar-refractivity contribution in [2.75, 3.05) is 39.3 Å². The normalized spacial score (nSPS) is 13.8. The van der Waals surface area contributed by atoms with E-state index in [1.807, 2.05) is 0 Å². The maximum absolute atomic E-state index is 3.50. The number of aryl methyl sites for hydroxylation is 2. The van der Waals surface area contributed by atoms with Crippen molar-refractivity contribution >= 4 is 0 Å². The Bertz CT molecular complexity index is 1130. The SMILES string of the molecule is c1ccc(CCCCCNCc2ccccc2)cc1.c1ccc(CCCCN2CCN(Cc3ccccc3)CC2)cc1. The monoisotopic (exact) mass is 561 g/mol. The summed E-state index contributed by atoms with van der Waals surface area (Å²) in [5.74, 6) is 0. The molecule has 222 valence electrons. The van der Waals surface area contributed by atoms with Gasteiger partial charge < -0.3 is 10.2 Å². The van der Waals surface area contributed by atoms with Crippen LogP contribution in [0.5, 0.6) is 0 Å². The van der Waals surface area contributed by atoms with E-state index in [9.17, 15) is 0 Å². The second-order valence-electron chi connectivity index (χ2n) is 11.5. The fraction of sp³-hybridized carbons (Fsp3) is 0.385. The second kappa shape index (κ2) is 19.8. The van der Waals surface area contributed by atoms with Crippen molar-refractivity contribution in [3.05, 3.63) is 144 Å². The van der Waals surface area contributed by atoms with Crippen molar-refractivity contribution in [2.45, 2.75) is 58.0 Å². The predicted molar refractivity (Wildman–Crippen MR) is 180 cm³/mol. The third-order valence-corrected chi connectivity index (χ3v) is 8.08. The van der Waals surface area contributed by atoms with Gasteiger partial charge in [-0.2, -0.15) is 0 Å². The number of benzene rings is 4. The van der Waals surface area contributed by atoms with Gasteiger partial charge >= 0.3 is 0 Å². The molecular formula is C39H51N3. The van der Waals surface area contributed by atoms with Crippen molar-refractivity contribution in [3.63, 3.8) is 0 Å². The van der Waals surface area contributed by atoms with Crippen LogP contribution in [0.15, 0.2) is 121 Å². The number of unbranched alkanes of at least 4 members (excludes halogenated alkanes) is 3. The molecule has 1 aliphatic heterocycles. The maximum Gasteiger partial charge on any atom is 0.0234 e. The number of nitrogens with one attached hydrogen (secondary N) is 1. The first-order chi connectivity index (χ1) is 20.8. The van der Waals surface area contributed by atoms with Gasteiger partial charge in [-0.3, -0.25) is 4.90 Å². The minimum absolute atomic E-state index is 0.986. The average Bonchev–Trinajstić information content (AvgIpc) is 3.06. The van der Waals surface area contributed by atoms with Gasteiger partial charge in [-0.05, 0) is 73.9 Å². The van der Waals surface area contributed by atoms with E-state index < -0.39 is 0 Å². The van der Waals surface area contributed by atoms with Gasteiger partial charge in [0.2, 0.25) is 0 Å². The molecule has 0 bridgehead atoms. The van der Waals surface area contributed by atoms with Crippen LogP contribution in [0, 0.1) is 0 Å². The van der Waals surface area contributed by atoms with E-state index in [-0.39, 0.29) is 0 Å². The minimum Gasteiger partial charge on any atom is -0.313 e. The summed E-state index contributed by atoms with van der Waals surface area (Å²) < 4.78 is 0. The molecule has 4 aromatic carbocycles. The summed E-state index contributed by atoms with van der Waals surface area (Å²) in [6, 6.07) is 43.0. The molecule has 0 saturated carbocycles. The largest absolute Gasteiger partial charge is 0.313 e. The zero-order chi connectivity index (χ0) is 28.9. The van der Waals surface area contributed by atoms with Crippen LogP contribution in [0.1, 0.15) is 54.4 Å². The molecule has 0 aliphatic carbocycles. The molecule has 1 N–H and O–H groups in total. The first kappa shape index (κ1) is 31.7. The molecule has 1 saturated heterocycles. The minimum atomic E-state index is 0.986. The number of nitrogens with zero attached hydrogens (tertiary/aromatic N) is 2. The first-order valence-electron chi connectivity index (χ1n) is 16.2. The second-order valence-corrected chi connectivity index (χ2v) is 11.5. The Morgan fingerprint density at radius 2 is 0.881 bits per heavy atom. The molecule has 1 heterocycles.